The van der Waals surface area contributed by atoms with Crippen molar-refractivity contribution in [2.75, 3.05) is 0 Å². The Labute approximate surface area is 77.5 Å². The van der Waals surface area contributed by atoms with Crippen molar-refractivity contribution in [3.63, 3.8) is 0 Å². The van der Waals surface area contributed by atoms with Crippen LogP contribution in [-0.4, -0.2) is 4.92 Å². The van der Waals surface area contributed by atoms with E-state index in [4.69, 9.17) is 0 Å². The van der Waals surface area contributed by atoms with Crippen LogP contribution in [0.3, 0.4) is 0 Å². The fraction of sp³-hybridized carbons (Fsp3) is 0.300. The number of hydrogen-bond donors (Lipinski definition) is 0. The van der Waals surface area contributed by atoms with Gasteiger partial charge in [0.15, 0.2) is 0 Å². The lowest BCUT2D eigenvalue weighted by Crippen LogP contribution is -1.88. The molecule has 0 aliphatic carbocycles. The van der Waals surface area contributed by atoms with Crippen molar-refractivity contribution in [3.05, 3.63) is 46.4 Å². The number of unbranched alkanes of at least 4 members (excludes halogenated alkanes) is 1. The first-order valence-corrected chi connectivity index (χ1v) is 4.31. The quantitative estimate of drug-likeness (QED) is 0.525. The Kier molecular flexibility index (Phi) is 3.43. The fourth-order valence-corrected chi connectivity index (χ4v) is 1.04. The number of non-ortho nitro benzene ring substituents is 1. The first-order valence-electron chi connectivity index (χ1n) is 4.31. The molecule has 1 aromatic carbocycles. The molecule has 1 radical (unpaired) electrons. The highest BCUT2D eigenvalue weighted by Gasteiger charge is 2.02. The van der Waals surface area contributed by atoms with Gasteiger partial charge in [0.25, 0.3) is 5.69 Å². The summed E-state index contributed by atoms with van der Waals surface area (Å²) in [5, 5.41) is 10.3. The number of benzene rings is 1. The Balaban J connectivity index is 2.64. The summed E-state index contributed by atoms with van der Waals surface area (Å²) < 4.78 is 0. The van der Waals surface area contributed by atoms with Gasteiger partial charge in [-0.3, -0.25) is 10.1 Å². The zero-order valence-corrected chi connectivity index (χ0v) is 7.56. The van der Waals surface area contributed by atoms with Crippen LogP contribution in [0.15, 0.2) is 24.3 Å². The molecule has 0 aromatic heterocycles. The van der Waals surface area contributed by atoms with Crippen LogP contribution in [0.1, 0.15) is 25.3 Å². The molecule has 0 aliphatic heterocycles. The molecular formula is C10H12NO2. The summed E-state index contributed by atoms with van der Waals surface area (Å²) in [4.78, 5) is 9.94. The topological polar surface area (TPSA) is 43.1 Å². The summed E-state index contributed by atoms with van der Waals surface area (Å²) in [6.45, 7) is 2.10. The van der Waals surface area contributed by atoms with Crippen molar-refractivity contribution >= 4 is 5.69 Å². The van der Waals surface area contributed by atoms with Gasteiger partial charge in [0, 0.05) is 12.1 Å². The maximum Gasteiger partial charge on any atom is 0.269 e. The van der Waals surface area contributed by atoms with Crippen molar-refractivity contribution in [3.8, 4) is 0 Å². The normalized spacial score (nSPS) is 9.92. The van der Waals surface area contributed by atoms with Crippen molar-refractivity contribution < 1.29 is 4.92 Å². The second kappa shape index (κ2) is 4.60. The maximum absolute atomic E-state index is 10.3. The Morgan fingerprint density at radius 2 is 2.00 bits per heavy atom. The van der Waals surface area contributed by atoms with E-state index in [-0.39, 0.29) is 10.6 Å². The van der Waals surface area contributed by atoms with E-state index < -0.39 is 0 Å². The third-order valence-corrected chi connectivity index (χ3v) is 1.77. The second-order valence-corrected chi connectivity index (χ2v) is 2.84. The molecule has 0 saturated heterocycles. The molecule has 69 valence electrons. The lowest BCUT2D eigenvalue weighted by atomic mass is 10.1. The third-order valence-electron chi connectivity index (χ3n) is 1.77. The van der Waals surface area contributed by atoms with Gasteiger partial charge in [-0.05, 0) is 18.4 Å². The van der Waals surface area contributed by atoms with E-state index >= 15 is 0 Å². The van der Waals surface area contributed by atoms with Gasteiger partial charge in [-0.25, -0.2) is 0 Å². The second-order valence-electron chi connectivity index (χ2n) is 2.84. The van der Waals surface area contributed by atoms with Gasteiger partial charge in [-0.15, -0.1) is 0 Å². The molecule has 13 heavy (non-hydrogen) atoms. The monoisotopic (exact) mass is 178 g/mol. The van der Waals surface area contributed by atoms with Gasteiger partial charge in [0.05, 0.1) is 4.92 Å². The molecule has 0 amide bonds. The largest absolute Gasteiger partial charge is 0.269 e. The molecule has 0 unspecified atom stereocenters. The van der Waals surface area contributed by atoms with Crippen LogP contribution >= 0.6 is 0 Å². The smallest absolute Gasteiger partial charge is 0.258 e. The van der Waals surface area contributed by atoms with Crippen molar-refractivity contribution in [2.24, 2.45) is 0 Å². The molecular weight excluding hydrogens is 166 g/mol. The highest BCUT2D eigenvalue weighted by Crippen LogP contribution is 2.14. The van der Waals surface area contributed by atoms with E-state index in [1.165, 1.54) is 12.1 Å². The van der Waals surface area contributed by atoms with E-state index in [1.807, 2.05) is 0 Å². The molecule has 0 saturated carbocycles. The summed E-state index contributed by atoms with van der Waals surface area (Å²) >= 11 is 0. The van der Waals surface area contributed by atoms with E-state index in [2.05, 4.69) is 13.3 Å². The highest BCUT2D eigenvalue weighted by atomic mass is 16.6. The van der Waals surface area contributed by atoms with Crippen LogP contribution in [0.2, 0.25) is 0 Å². The molecule has 0 N–H and O–H groups in total. The summed E-state index contributed by atoms with van der Waals surface area (Å²) in [5.41, 5.74) is 1.20. The van der Waals surface area contributed by atoms with E-state index in [0.29, 0.717) is 0 Å². The van der Waals surface area contributed by atoms with Crippen LogP contribution in [0, 0.1) is 16.5 Å². The first-order chi connectivity index (χ1) is 6.24. The average Bonchev–Trinajstić information content (AvgIpc) is 2.15. The molecule has 3 nitrogen and oxygen atoms in total. The van der Waals surface area contributed by atoms with E-state index in [9.17, 15) is 10.1 Å². The number of nitro groups is 1. The lowest BCUT2D eigenvalue weighted by Gasteiger charge is -1.97. The molecule has 1 aromatic rings. The van der Waals surface area contributed by atoms with Gasteiger partial charge in [-0.2, -0.15) is 0 Å². The predicted molar refractivity (Wildman–Crippen MR) is 51.4 cm³/mol. The van der Waals surface area contributed by atoms with E-state index in [0.717, 1.165) is 18.4 Å². The summed E-state index contributed by atoms with van der Waals surface area (Å²) in [6, 6.07) is 6.60. The zero-order valence-electron chi connectivity index (χ0n) is 7.56. The number of nitro benzene ring substituents is 1. The SMILES string of the molecule is CCC[CH]c1ccc([N+](=O)[O-])cc1. The van der Waals surface area contributed by atoms with E-state index in [1.54, 1.807) is 12.1 Å². The molecule has 0 heterocycles. The van der Waals surface area contributed by atoms with Crippen LogP contribution in [0.4, 0.5) is 5.69 Å². The average molecular weight is 178 g/mol. The molecule has 0 atom stereocenters. The van der Waals surface area contributed by atoms with Crippen molar-refractivity contribution in [1.29, 1.82) is 0 Å². The number of rotatable bonds is 4. The standard InChI is InChI=1S/C10H12NO2/c1-2-3-4-9-5-7-10(8-6-9)11(12)13/h4-8H,2-3H2,1H3. The molecule has 0 aliphatic rings. The Morgan fingerprint density at radius 3 is 2.46 bits per heavy atom. The summed E-state index contributed by atoms with van der Waals surface area (Å²) in [6.07, 6.45) is 4.18. The van der Waals surface area contributed by atoms with Crippen molar-refractivity contribution in [2.45, 2.75) is 19.8 Å². The zero-order chi connectivity index (χ0) is 9.68. The minimum absolute atomic E-state index is 0.147. The van der Waals surface area contributed by atoms with Gasteiger partial charge in [-0.1, -0.05) is 25.5 Å². The highest BCUT2D eigenvalue weighted by molar-refractivity contribution is 5.35. The first kappa shape index (κ1) is 9.71. The number of nitrogens with zero attached hydrogens (tertiary/aromatic N) is 1. The minimum atomic E-state index is -0.385. The molecule has 0 bridgehead atoms. The summed E-state index contributed by atoms with van der Waals surface area (Å²) in [7, 11) is 0. The maximum atomic E-state index is 10.3. The lowest BCUT2D eigenvalue weighted by molar-refractivity contribution is -0.384. The molecule has 0 fully saturated rings. The van der Waals surface area contributed by atoms with Gasteiger partial charge >= 0.3 is 0 Å². The Bertz CT molecular complexity index is 279. The third kappa shape index (κ3) is 2.86. The minimum Gasteiger partial charge on any atom is -0.258 e. The molecule has 3 heteroatoms. The van der Waals surface area contributed by atoms with Gasteiger partial charge in [0.2, 0.25) is 0 Å². The predicted octanol–water partition coefficient (Wildman–Crippen LogP) is 2.95. The van der Waals surface area contributed by atoms with Crippen LogP contribution in [0.25, 0.3) is 0 Å². The fourth-order valence-electron chi connectivity index (χ4n) is 1.04. The van der Waals surface area contributed by atoms with Gasteiger partial charge < -0.3 is 0 Å². The van der Waals surface area contributed by atoms with Crippen LogP contribution in [-0.2, 0) is 0 Å². The number of hydrogen-bond acceptors (Lipinski definition) is 2. The molecule has 1 rings (SSSR count). The van der Waals surface area contributed by atoms with Crippen LogP contribution < -0.4 is 0 Å². The van der Waals surface area contributed by atoms with Crippen molar-refractivity contribution in [1.82, 2.24) is 0 Å². The van der Waals surface area contributed by atoms with Crippen LogP contribution in [0.5, 0.6) is 0 Å². The summed E-state index contributed by atoms with van der Waals surface area (Å²) in [5.74, 6) is 0. The Morgan fingerprint density at radius 1 is 1.38 bits per heavy atom. The Hall–Kier alpha value is -1.38. The molecule has 0 spiro atoms. The van der Waals surface area contributed by atoms with Gasteiger partial charge in [0.1, 0.15) is 0 Å².